The van der Waals surface area contributed by atoms with E-state index < -0.39 is 0 Å². The number of hydrazone groups is 1. The fraction of sp³-hybridized carbons (Fsp3) is 0.111. The molecule has 3 rings (SSSR count). The van der Waals surface area contributed by atoms with Crippen LogP contribution in [-0.2, 0) is 11.2 Å². The molecule has 0 spiro atoms. The molecular formula is C18H17N3O2. The van der Waals surface area contributed by atoms with E-state index in [1.165, 1.54) is 0 Å². The molecule has 3 aromatic rings. The highest BCUT2D eigenvalue weighted by atomic mass is 16.5. The van der Waals surface area contributed by atoms with Crippen LogP contribution in [0.25, 0.3) is 10.9 Å². The second kappa shape index (κ2) is 6.79. The van der Waals surface area contributed by atoms with E-state index in [0.717, 1.165) is 22.0 Å². The highest BCUT2D eigenvalue weighted by molar-refractivity contribution is 5.89. The molecule has 0 radical (unpaired) electrons. The topological polar surface area (TPSA) is 66.5 Å². The molecule has 2 aromatic carbocycles. The highest BCUT2D eigenvalue weighted by Gasteiger charge is 2.07. The first-order chi connectivity index (χ1) is 11.3. The van der Waals surface area contributed by atoms with E-state index in [1.807, 2.05) is 54.7 Å². The van der Waals surface area contributed by atoms with Gasteiger partial charge in [0.05, 0.1) is 19.7 Å². The third-order valence-electron chi connectivity index (χ3n) is 3.56. The number of fused-ring (bicyclic) bond motifs is 1. The van der Waals surface area contributed by atoms with E-state index in [1.54, 1.807) is 13.3 Å². The van der Waals surface area contributed by atoms with Crippen molar-refractivity contribution in [2.45, 2.75) is 6.42 Å². The zero-order valence-electron chi connectivity index (χ0n) is 12.7. The van der Waals surface area contributed by atoms with Crippen molar-refractivity contribution in [1.29, 1.82) is 0 Å². The van der Waals surface area contributed by atoms with Crippen LogP contribution in [0.3, 0.4) is 0 Å². The van der Waals surface area contributed by atoms with E-state index in [0.29, 0.717) is 5.75 Å². The molecule has 0 bridgehead atoms. The molecule has 1 amide bonds. The number of methoxy groups -OCH3 is 1. The molecule has 0 aliphatic rings. The van der Waals surface area contributed by atoms with Crippen LogP contribution in [-0.4, -0.2) is 24.2 Å². The van der Waals surface area contributed by atoms with Crippen molar-refractivity contribution in [2.75, 3.05) is 7.11 Å². The smallest absolute Gasteiger partial charge is 0.244 e. The largest absolute Gasteiger partial charge is 0.496 e. The number of carbonyl (C=O) groups excluding carboxylic acids is 1. The summed E-state index contributed by atoms with van der Waals surface area (Å²) in [6.45, 7) is 0. The van der Waals surface area contributed by atoms with Crippen molar-refractivity contribution >= 4 is 23.0 Å². The summed E-state index contributed by atoms with van der Waals surface area (Å²) in [5.74, 6) is 0.544. The number of H-pyrrole nitrogens is 1. The molecular weight excluding hydrogens is 290 g/mol. The number of para-hydroxylation sites is 2. The number of carbonyl (C=O) groups is 1. The number of hydrogen-bond acceptors (Lipinski definition) is 3. The van der Waals surface area contributed by atoms with Crippen molar-refractivity contribution in [1.82, 2.24) is 10.4 Å². The monoisotopic (exact) mass is 307 g/mol. The summed E-state index contributed by atoms with van der Waals surface area (Å²) in [5, 5.41) is 5.05. The maximum Gasteiger partial charge on any atom is 0.244 e. The van der Waals surface area contributed by atoms with E-state index in [2.05, 4.69) is 15.5 Å². The molecule has 0 unspecified atom stereocenters. The van der Waals surface area contributed by atoms with Crippen molar-refractivity contribution in [3.8, 4) is 5.75 Å². The van der Waals surface area contributed by atoms with Gasteiger partial charge in [-0.2, -0.15) is 5.10 Å². The molecule has 0 aliphatic carbocycles. The predicted octanol–water partition coefficient (Wildman–Crippen LogP) is 2.87. The lowest BCUT2D eigenvalue weighted by Gasteiger charge is -2.03. The Morgan fingerprint density at radius 3 is 2.87 bits per heavy atom. The molecule has 0 saturated carbocycles. The van der Waals surface area contributed by atoms with Gasteiger partial charge in [-0.1, -0.05) is 30.3 Å². The number of ether oxygens (including phenoxy) is 1. The van der Waals surface area contributed by atoms with Crippen LogP contribution in [0.15, 0.2) is 59.8 Å². The van der Waals surface area contributed by atoms with Gasteiger partial charge in [0.25, 0.3) is 0 Å². The van der Waals surface area contributed by atoms with Gasteiger partial charge in [-0.15, -0.1) is 0 Å². The van der Waals surface area contributed by atoms with Gasteiger partial charge in [0, 0.05) is 22.7 Å². The minimum absolute atomic E-state index is 0.166. The molecule has 0 atom stereocenters. The van der Waals surface area contributed by atoms with Crippen LogP contribution in [0.1, 0.15) is 11.1 Å². The Morgan fingerprint density at radius 2 is 2.00 bits per heavy atom. The van der Waals surface area contributed by atoms with E-state index in [-0.39, 0.29) is 12.3 Å². The molecule has 23 heavy (non-hydrogen) atoms. The lowest BCUT2D eigenvalue weighted by molar-refractivity contribution is -0.120. The Labute approximate surface area is 134 Å². The summed E-state index contributed by atoms with van der Waals surface area (Å²) in [5.41, 5.74) is 5.33. The maximum atomic E-state index is 12.0. The van der Waals surface area contributed by atoms with Crippen molar-refractivity contribution < 1.29 is 9.53 Å². The van der Waals surface area contributed by atoms with Gasteiger partial charge in [-0.3, -0.25) is 4.79 Å². The van der Waals surface area contributed by atoms with Crippen molar-refractivity contribution in [2.24, 2.45) is 5.10 Å². The number of nitrogens with one attached hydrogen (secondary N) is 2. The predicted molar refractivity (Wildman–Crippen MR) is 90.7 cm³/mol. The third kappa shape index (κ3) is 3.40. The molecule has 0 saturated heterocycles. The first-order valence-electron chi connectivity index (χ1n) is 7.28. The number of hydrogen-bond donors (Lipinski definition) is 2. The van der Waals surface area contributed by atoms with Gasteiger partial charge in [0.1, 0.15) is 5.75 Å². The summed E-state index contributed by atoms with van der Waals surface area (Å²) >= 11 is 0. The number of amides is 1. The van der Waals surface area contributed by atoms with Gasteiger partial charge in [-0.05, 0) is 23.8 Å². The fourth-order valence-corrected chi connectivity index (χ4v) is 2.44. The van der Waals surface area contributed by atoms with E-state index in [9.17, 15) is 4.79 Å². The van der Waals surface area contributed by atoms with Gasteiger partial charge in [-0.25, -0.2) is 5.43 Å². The SMILES string of the molecule is COc1ccccc1/C=N\NC(=O)Cc1c[nH]c2ccccc12. The standard InChI is InChI=1S/C18H17N3O2/c1-23-17-9-5-2-6-13(17)12-20-21-18(22)10-14-11-19-16-8-4-3-7-15(14)16/h2-9,11-12,19H,10H2,1H3,(H,21,22)/b20-12-. The summed E-state index contributed by atoms with van der Waals surface area (Å²) in [4.78, 5) is 15.2. The van der Waals surface area contributed by atoms with Crippen LogP contribution < -0.4 is 10.2 Å². The van der Waals surface area contributed by atoms with E-state index in [4.69, 9.17) is 4.74 Å². The summed E-state index contributed by atoms with van der Waals surface area (Å²) in [6, 6.07) is 15.4. The van der Waals surface area contributed by atoms with E-state index >= 15 is 0 Å². The molecule has 2 N–H and O–H groups in total. The minimum Gasteiger partial charge on any atom is -0.496 e. The number of rotatable bonds is 5. The van der Waals surface area contributed by atoms with Crippen LogP contribution in [0.2, 0.25) is 0 Å². The second-order valence-electron chi connectivity index (χ2n) is 5.07. The molecule has 116 valence electrons. The average molecular weight is 307 g/mol. The third-order valence-corrected chi connectivity index (χ3v) is 3.56. The molecule has 1 heterocycles. The molecule has 0 fully saturated rings. The fourth-order valence-electron chi connectivity index (χ4n) is 2.44. The summed E-state index contributed by atoms with van der Waals surface area (Å²) in [7, 11) is 1.60. The number of aromatic amines is 1. The number of benzene rings is 2. The zero-order chi connectivity index (χ0) is 16.1. The van der Waals surface area contributed by atoms with Crippen LogP contribution in [0, 0.1) is 0 Å². The van der Waals surface area contributed by atoms with Crippen molar-refractivity contribution in [3.05, 3.63) is 65.9 Å². The highest BCUT2D eigenvalue weighted by Crippen LogP contribution is 2.18. The van der Waals surface area contributed by atoms with Crippen LogP contribution in [0.5, 0.6) is 5.75 Å². The maximum absolute atomic E-state index is 12.0. The Kier molecular flexibility index (Phi) is 4.38. The van der Waals surface area contributed by atoms with Crippen LogP contribution >= 0.6 is 0 Å². The quantitative estimate of drug-likeness (QED) is 0.562. The Bertz CT molecular complexity index is 852. The lowest BCUT2D eigenvalue weighted by atomic mass is 10.1. The summed E-state index contributed by atoms with van der Waals surface area (Å²) < 4.78 is 5.23. The molecule has 1 aromatic heterocycles. The molecule has 0 aliphatic heterocycles. The second-order valence-corrected chi connectivity index (χ2v) is 5.07. The van der Waals surface area contributed by atoms with Crippen LogP contribution in [0.4, 0.5) is 0 Å². The van der Waals surface area contributed by atoms with Crippen molar-refractivity contribution in [3.63, 3.8) is 0 Å². The Morgan fingerprint density at radius 1 is 1.22 bits per heavy atom. The summed E-state index contributed by atoms with van der Waals surface area (Å²) in [6.07, 6.45) is 3.70. The zero-order valence-corrected chi connectivity index (χ0v) is 12.7. The first kappa shape index (κ1) is 14.8. The molecule has 5 nitrogen and oxygen atoms in total. The minimum atomic E-state index is -0.166. The van der Waals surface area contributed by atoms with Gasteiger partial charge in [0.15, 0.2) is 0 Å². The first-order valence-corrected chi connectivity index (χ1v) is 7.28. The Hall–Kier alpha value is -3.08. The van der Waals surface area contributed by atoms with Gasteiger partial charge >= 0.3 is 0 Å². The normalized spacial score (nSPS) is 11.0. The van der Waals surface area contributed by atoms with Gasteiger partial charge < -0.3 is 9.72 Å². The lowest BCUT2D eigenvalue weighted by Crippen LogP contribution is -2.19. The average Bonchev–Trinajstić information content (AvgIpc) is 2.98. The molecule has 5 heteroatoms. The van der Waals surface area contributed by atoms with Gasteiger partial charge in [0.2, 0.25) is 5.91 Å². The number of aromatic nitrogens is 1. The Balaban J connectivity index is 1.65. The number of nitrogens with zero attached hydrogens (tertiary/aromatic N) is 1.